The molecule has 0 bridgehead atoms. The number of aliphatic hydroxyl groups excluding tert-OH is 13. The fraction of sp³-hybridized carbons (Fsp3) is 0.941. The first-order valence-corrected chi connectivity index (χ1v) is 21.5. The van der Waals surface area contributed by atoms with Gasteiger partial charge in [-0.15, -0.1) is 0 Å². The summed E-state index contributed by atoms with van der Waals surface area (Å²) in [5, 5.41) is 144. The van der Waals surface area contributed by atoms with Crippen LogP contribution in [0.25, 0.3) is 0 Å². The Bertz CT molecular complexity index is 1670. The zero-order valence-corrected chi connectivity index (χ0v) is 35.5. The van der Waals surface area contributed by atoms with Crippen LogP contribution in [0.1, 0.15) is 20.8 Å². The maximum Gasteiger partial charge on any atom is 0.397 e. The Kier molecular flexibility index (Phi) is 18.7. The van der Waals surface area contributed by atoms with Crippen molar-refractivity contribution in [3.05, 3.63) is 0 Å². The van der Waals surface area contributed by atoms with Crippen molar-refractivity contribution in [3.63, 3.8) is 0 Å². The second-order valence-electron chi connectivity index (χ2n) is 15.9. The molecule has 2 amide bonds. The van der Waals surface area contributed by atoms with E-state index in [9.17, 15) is 88.9 Å². The Morgan fingerprint density at radius 3 is 1.55 bits per heavy atom. The van der Waals surface area contributed by atoms with Crippen LogP contribution in [0.4, 0.5) is 0 Å². The van der Waals surface area contributed by atoms with E-state index < -0.39 is 202 Å². The molecule has 5 saturated heterocycles. The van der Waals surface area contributed by atoms with Gasteiger partial charge in [0, 0.05) is 13.8 Å². The number of rotatable bonds is 16. The molecule has 25 atom stereocenters. The third-order valence-electron chi connectivity index (χ3n) is 11.3. The molecule has 1 unspecified atom stereocenters. The maximum atomic E-state index is 12.4. The molecule has 0 aromatic carbocycles. The maximum absolute atomic E-state index is 12.4. The number of carbonyl (C=O) groups is 2. The fourth-order valence-corrected chi connectivity index (χ4v) is 8.39. The monoisotopic (exact) mass is 974 g/mol. The summed E-state index contributed by atoms with van der Waals surface area (Å²) in [6, 6.07) is -3.22. The fourth-order valence-electron chi connectivity index (χ4n) is 7.89. The van der Waals surface area contributed by atoms with Crippen LogP contribution in [-0.2, 0) is 66.8 Å². The van der Waals surface area contributed by atoms with Crippen molar-refractivity contribution in [2.45, 2.75) is 174 Å². The number of ether oxygens (including phenoxy) is 9. The van der Waals surface area contributed by atoms with Crippen molar-refractivity contribution >= 4 is 22.2 Å². The average molecular weight is 975 g/mol. The van der Waals surface area contributed by atoms with Crippen molar-refractivity contribution in [3.8, 4) is 0 Å². The molecule has 5 rings (SSSR count). The van der Waals surface area contributed by atoms with Gasteiger partial charge in [0.1, 0.15) is 116 Å². The zero-order valence-electron chi connectivity index (χ0n) is 34.6. The van der Waals surface area contributed by atoms with Gasteiger partial charge >= 0.3 is 10.4 Å². The molecule has 30 nitrogen and oxygen atoms in total. The summed E-state index contributed by atoms with van der Waals surface area (Å²) in [4.78, 5) is 24.4. The van der Waals surface area contributed by atoms with Crippen molar-refractivity contribution in [2.24, 2.45) is 0 Å². The molecule has 0 aliphatic carbocycles. The number of amides is 2. The van der Waals surface area contributed by atoms with E-state index in [0.717, 1.165) is 13.8 Å². The molecule has 31 heteroatoms. The number of aliphatic hydroxyl groups is 13. The quantitative estimate of drug-likeness (QED) is 0.0639. The van der Waals surface area contributed by atoms with Gasteiger partial charge in [0.25, 0.3) is 0 Å². The summed E-state index contributed by atoms with van der Waals surface area (Å²) < 4.78 is 88.7. The number of nitrogens with one attached hydrogen (secondary N) is 2. The SMILES string of the molecule is CC(=O)N[C@H]1[C@H](OC[C@H]2OC(O)[C@H](NC(C)=O)[C@@H](O[C@@H]3O[C@H](CO)[C@H](O)[C@H](O[C@@H]4O[C@H](CO)[C@H](O)[C@H](OS(=O)(=O)O)[C@H]4O)[C@H]3O[C@@H]3O[C@@H](C)[C@@H](O)[C@@H](O)[C@@H]3O)[C@H]2O)O[C@H](CO)[C@@H](O)[C@@H]1O. The molecule has 16 N–H and O–H groups in total. The Morgan fingerprint density at radius 1 is 0.508 bits per heavy atom. The van der Waals surface area contributed by atoms with E-state index in [1.165, 1.54) is 6.92 Å². The van der Waals surface area contributed by atoms with Crippen LogP contribution in [0.3, 0.4) is 0 Å². The molecule has 5 fully saturated rings. The largest absolute Gasteiger partial charge is 0.397 e. The Morgan fingerprint density at radius 2 is 0.985 bits per heavy atom. The molecule has 65 heavy (non-hydrogen) atoms. The second-order valence-corrected chi connectivity index (χ2v) is 17.0. The molecule has 5 aliphatic heterocycles. The van der Waals surface area contributed by atoms with Gasteiger partial charge in [-0.3, -0.25) is 14.1 Å². The van der Waals surface area contributed by atoms with Crippen LogP contribution in [0.15, 0.2) is 0 Å². The second kappa shape index (κ2) is 22.6. The molecule has 0 aromatic heterocycles. The molecule has 378 valence electrons. The van der Waals surface area contributed by atoms with Crippen LogP contribution in [0, 0.1) is 0 Å². The first kappa shape index (κ1) is 53.9. The van der Waals surface area contributed by atoms with E-state index in [-0.39, 0.29) is 0 Å². The van der Waals surface area contributed by atoms with E-state index >= 15 is 0 Å². The first-order chi connectivity index (χ1) is 30.4. The lowest BCUT2D eigenvalue weighted by molar-refractivity contribution is -0.400. The van der Waals surface area contributed by atoms with Crippen LogP contribution in [-0.4, -0.2) is 271 Å². The molecule has 0 aromatic rings. The van der Waals surface area contributed by atoms with Gasteiger partial charge in [-0.05, 0) is 6.92 Å². The zero-order chi connectivity index (χ0) is 48.4. The summed E-state index contributed by atoms with van der Waals surface area (Å²) in [5.41, 5.74) is 0. The van der Waals surface area contributed by atoms with Crippen molar-refractivity contribution < 1.29 is 136 Å². The molecule has 0 saturated carbocycles. The third-order valence-corrected chi connectivity index (χ3v) is 11.7. The van der Waals surface area contributed by atoms with Crippen LogP contribution < -0.4 is 10.6 Å². The molecule has 5 heterocycles. The standard InChI is InChI=1S/C34H58N2O28S/c1-8-17(42)23(48)24(49)32(56-8)63-29-28(62-33-25(50)27(64-65(52,53)54)19(44)12(5-38)59-33)20(45)13(6-39)60-34(29)61-26-16(36-10(3)41)30(51)57-14(21(26)46)7-55-31-15(35-9(2)40)22(47)18(43)11(4-37)58-31/h8,11-34,37-39,42-51H,4-7H2,1-3H3,(H,35,40)(H,36,41)(H,52,53,54)/t8-,11+,12+,13+,14+,15+,16+,17+,18+,19-,20-,21-,22+,23+,24-,25+,26+,27-,28-,29+,30?,31+,32-,33-,34-/m0/s1. The average Bonchev–Trinajstić information content (AvgIpc) is 3.23. The minimum atomic E-state index is -5.43. The van der Waals surface area contributed by atoms with Gasteiger partial charge in [-0.25, -0.2) is 4.18 Å². The summed E-state index contributed by atoms with van der Waals surface area (Å²) in [6.45, 7) is -0.465. The van der Waals surface area contributed by atoms with E-state index in [4.69, 9.17) is 42.6 Å². The lowest BCUT2D eigenvalue weighted by Gasteiger charge is -2.51. The number of hydrogen-bond acceptors (Lipinski definition) is 27. The minimum Gasteiger partial charge on any atom is -0.394 e. The molecular weight excluding hydrogens is 916 g/mol. The third kappa shape index (κ3) is 12.4. The number of hydrogen-bond donors (Lipinski definition) is 16. The highest BCUT2D eigenvalue weighted by Crippen LogP contribution is 2.37. The smallest absolute Gasteiger partial charge is 0.394 e. The molecular formula is C34H58N2O28S. The van der Waals surface area contributed by atoms with Crippen molar-refractivity contribution in [2.75, 3.05) is 26.4 Å². The Hall–Kier alpha value is -2.07. The highest BCUT2D eigenvalue weighted by atomic mass is 32.3. The molecule has 0 radical (unpaired) electrons. The topological polar surface area (TPSA) is 468 Å². The lowest BCUT2D eigenvalue weighted by Crippen LogP contribution is -2.70. The van der Waals surface area contributed by atoms with E-state index in [1.807, 2.05) is 0 Å². The summed E-state index contributed by atoms with van der Waals surface area (Å²) in [5.74, 6) is -1.54. The van der Waals surface area contributed by atoms with Gasteiger partial charge in [0.15, 0.2) is 31.5 Å². The van der Waals surface area contributed by atoms with Gasteiger partial charge in [-0.2, -0.15) is 8.42 Å². The predicted molar refractivity (Wildman–Crippen MR) is 199 cm³/mol. The highest BCUT2D eigenvalue weighted by molar-refractivity contribution is 7.80. The highest BCUT2D eigenvalue weighted by Gasteiger charge is 2.57. The summed E-state index contributed by atoms with van der Waals surface area (Å²) in [7, 11) is -5.43. The predicted octanol–water partition coefficient (Wildman–Crippen LogP) is -10.8. The lowest BCUT2D eigenvalue weighted by atomic mass is 9.94. The minimum absolute atomic E-state index is 0.706. The van der Waals surface area contributed by atoms with Gasteiger partial charge in [0.05, 0.1) is 32.5 Å². The summed E-state index contributed by atoms with van der Waals surface area (Å²) in [6.07, 6.45) is -44.7. The van der Waals surface area contributed by atoms with Crippen LogP contribution in [0.5, 0.6) is 0 Å². The van der Waals surface area contributed by atoms with Gasteiger partial charge in [-0.1, -0.05) is 0 Å². The van der Waals surface area contributed by atoms with Crippen molar-refractivity contribution in [1.29, 1.82) is 0 Å². The number of carbonyl (C=O) groups excluding carboxylic acids is 2. The van der Waals surface area contributed by atoms with Gasteiger partial charge in [0.2, 0.25) is 11.8 Å². The van der Waals surface area contributed by atoms with Gasteiger partial charge < -0.3 is 120 Å². The van der Waals surface area contributed by atoms with Crippen LogP contribution >= 0.6 is 0 Å². The van der Waals surface area contributed by atoms with Crippen molar-refractivity contribution in [1.82, 2.24) is 10.6 Å². The first-order valence-electron chi connectivity index (χ1n) is 20.1. The van der Waals surface area contributed by atoms with E-state index in [0.29, 0.717) is 0 Å². The normalized spacial score (nSPS) is 47.5. The van der Waals surface area contributed by atoms with Crippen LogP contribution in [0.2, 0.25) is 0 Å². The molecule has 5 aliphatic rings. The van der Waals surface area contributed by atoms with E-state index in [2.05, 4.69) is 14.8 Å². The van der Waals surface area contributed by atoms with E-state index in [1.54, 1.807) is 0 Å². The molecule has 0 spiro atoms. The Labute approximate surface area is 368 Å². The Balaban J connectivity index is 1.51. The summed E-state index contributed by atoms with van der Waals surface area (Å²) >= 11 is 0.